The Labute approximate surface area is 160 Å². The van der Waals surface area contributed by atoms with E-state index in [1.165, 1.54) is 29.8 Å². The van der Waals surface area contributed by atoms with Gasteiger partial charge in [-0.2, -0.15) is 11.3 Å². The molecule has 138 valence electrons. The minimum atomic E-state index is -0.597. The first-order valence-corrected chi connectivity index (χ1v) is 9.68. The van der Waals surface area contributed by atoms with E-state index in [2.05, 4.69) is 18.4 Å². The first-order chi connectivity index (χ1) is 13.0. The van der Waals surface area contributed by atoms with E-state index in [-0.39, 0.29) is 17.7 Å². The first-order valence-electron chi connectivity index (χ1n) is 8.74. The average molecular weight is 385 g/mol. The van der Waals surface area contributed by atoms with Crippen LogP contribution in [0.5, 0.6) is 0 Å². The van der Waals surface area contributed by atoms with Crippen molar-refractivity contribution in [3.8, 4) is 0 Å². The van der Waals surface area contributed by atoms with E-state index < -0.39 is 11.6 Å². The van der Waals surface area contributed by atoms with Gasteiger partial charge in [0.25, 0.3) is 0 Å². The summed E-state index contributed by atoms with van der Waals surface area (Å²) in [5.74, 6) is -1.17. The molecule has 3 aromatic rings. The molecular weight excluding hydrogens is 367 g/mol. The molecule has 2 atom stereocenters. The number of hydrogen-bond donors (Lipinski definition) is 0. The quantitative estimate of drug-likeness (QED) is 0.501. The average Bonchev–Trinajstić information content (AvgIpc) is 3.16. The fraction of sp³-hybridized carbons (Fsp3) is 0.182. The van der Waals surface area contributed by atoms with Gasteiger partial charge in [0, 0.05) is 24.7 Å². The third-order valence-electron chi connectivity index (χ3n) is 4.98. The summed E-state index contributed by atoms with van der Waals surface area (Å²) in [7, 11) is 0. The van der Waals surface area contributed by atoms with Crippen molar-refractivity contribution in [2.75, 3.05) is 11.4 Å². The van der Waals surface area contributed by atoms with Crippen molar-refractivity contribution in [3.63, 3.8) is 0 Å². The van der Waals surface area contributed by atoms with Crippen LogP contribution in [0, 0.1) is 23.4 Å². The van der Waals surface area contributed by atoms with Gasteiger partial charge in [-0.15, -0.1) is 0 Å². The Balaban J connectivity index is 1.83. The molecule has 5 heteroatoms. The Hall–Kier alpha value is -2.53. The summed E-state index contributed by atoms with van der Waals surface area (Å²) in [6.07, 6.45) is 1.91. The van der Waals surface area contributed by atoms with Gasteiger partial charge in [-0.3, -0.25) is 0 Å². The molecule has 1 nitrogen and oxygen atoms in total. The van der Waals surface area contributed by atoms with Gasteiger partial charge in [0.2, 0.25) is 0 Å². The maximum atomic E-state index is 14.4. The van der Waals surface area contributed by atoms with Crippen LogP contribution in [-0.4, -0.2) is 6.54 Å². The maximum absolute atomic E-state index is 14.4. The predicted octanol–water partition coefficient (Wildman–Crippen LogP) is 6.45. The SMILES string of the molecule is CC1CN(c2ccc(F)cc2F)C=C(c2ccc(F)cc2)C1c1ccsc1. The number of hydrogen-bond acceptors (Lipinski definition) is 2. The van der Waals surface area contributed by atoms with E-state index in [9.17, 15) is 13.2 Å². The Kier molecular flexibility index (Phi) is 4.79. The molecule has 0 aliphatic carbocycles. The van der Waals surface area contributed by atoms with Crippen molar-refractivity contribution in [2.24, 2.45) is 5.92 Å². The lowest BCUT2D eigenvalue weighted by Gasteiger charge is -2.37. The summed E-state index contributed by atoms with van der Waals surface area (Å²) in [6, 6.07) is 12.1. The molecule has 1 aromatic heterocycles. The van der Waals surface area contributed by atoms with Crippen LogP contribution in [0.15, 0.2) is 65.5 Å². The summed E-state index contributed by atoms with van der Waals surface area (Å²) >= 11 is 1.63. The Bertz CT molecular complexity index is 964. The molecule has 4 rings (SSSR count). The van der Waals surface area contributed by atoms with Crippen LogP contribution < -0.4 is 4.90 Å². The predicted molar refractivity (Wildman–Crippen MR) is 104 cm³/mol. The number of allylic oxidation sites excluding steroid dienone is 1. The van der Waals surface area contributed by atoms with Crippen molar-refractivity contribution in [1.82, 2.24) is 0 Å². The second kappa shape index (κ2) is 7.24. The van der Waals surface area contributed by atoms with Crippen LogP contribution in [0.25, 0.3) is 5.57 Å². The molecule has 1 aliphatic rings. The molecule has 2 aromatic carbocycles. The summed E-state index contributed by atoms with van der Waals surface area (Å²) in [5, 5.41) is 4.16. The molecule has 0 amide bonds. The molecule has 0 spiro atoms. The lowest BCUT2D eigenvalue weighted by atomic mass is 9.77. The highest BCUT2D eigenvalue weighted by Crippen LogP contribution is 2.43. The fourth-order valence-electron chi connectivity index (χ4n) is 3.76. The summed E-state index contributed by atoms with van der Waals surface area (Å²) in [5.41, 5.74) is 3.43. The monoisotopic (exact) mass is 385 g/mol. The minimum absolute atomic E-state index is 0.126. The fourth-order valence-corrected chi connectivity index (χ4v) is 4.46. The van der Waals surface area contributed by atoms with E-state index in [0.29, 0.717) is 12.2 Å². The van der Waals surface area contributed by atoms with Crippen LogP contribution >= 0.6 is 11.3 Å². The van der Waals surface area contributed by atoms with Crippen LogP contribution in [-0.2, 0) is 0 Å². The van der Waals surface area contributed by atoms with Crippen LogP contribution in [0.3, 0.4) is 0 Å². The summed E-state index contributed by atoms with van der Waals surface area (Å²) < 4.78 is 41.1. The zero-order chi connectivity index (χ0) is 19.0. The largest absolute Gasteiger partial charge is 0.345 e. The third-order valence-corrected chi connectivity index (χ3v) is 5.68. The second-order valence-electron chi connectivity index (χ2n) is 6.85. The van der Waals surface area contributed by atoms with Crippen LogP contribution in [0.2, 0.25) is 0 Å². The van der Waals surface area contributed by atoms with Gasteiger partial charge in [-0.1, -0.05) is 19.1 Å². The number of halogens is 3. The molecule has 0 saturated carbocycles. The first kappa shape index (κ1) is 17.9. The Morgan fingerprint density at radius 2 is 1.70 bits per heavy atom. The van der Waals surface area contributed by atoms with E-state index >= 15 is 0 Å². The topological polar surface area (TPSA) is 3.24 Å². The zero-order valence-electron chi connectivity index (χ0n) is 14.7. The highest BCUT2D eigenvalue weighted by atomic mass is 32.1. The molecule has 0 fully saturated rings. The molecule has 2 heterocycles. The molecule has 1 aliphatic heterocycles. The number of thiophene rings is 1. The second-order valence-corrected chi connectivity index (χ2v) is 7.63. The van der Waals surface area contributed by atoms with E-state index in [1.54, 1.807) is 23.5 Å². The molecule has 0 N–H and O–H groups in total. The molecule has 2 unspecified atom stereocenters. The maximum Gasteiger partial charge on any atom is 0.149 e. The molecule has 27 heavy (non-hydrogen) atoms. The van der Waals surface area contributed by atoms with Crippen molar-refractivity contribution >= 4 is 22.6 Å². The lowest BCUT2D eigenvalue weighted by molar-refractivity contribution is 0.515. The van der Waals surface area contributed by atoms with E-state index in [0.717, 1.165) is 17.2 Å². The smallest absolute Gasteiger partial charge is 0.149 e. The standard InChI is InChI=1S/C22H18F3NS/c1-14-11-26(21-7-6-18(24)10-20(21)25)12-19(15-2-4-17(23)5-3-15)22(14)16-8-9-27-13-16/h2-10,12-14,22H,11H2,1H3. The van der Waals surface area contributed by atoms with Gasteiger partial charge in [0.1, 0.15) is 17.5 Å². The molecule has 0 bridgehead atoms. The normalized spacial score (nSPS) is 19.9. The van der Waals surface area contributed by atoms with E-state index in [1.807, 2.05) is 16.5 Å². The highest BCUT2D eigenvalue weighted by Gasteiger charge is 2.31. The number of anilines is 1. The highest BCUT2D eigenvalue weighted by molar-refractivity contribution is 7.08. The van der Waals surface area contributed by atoms with Gasteiger partial charge in [-0.25, -0.2) is 13.2 Å². The van der Waals surface area contributed by atoms with Crippen molar-refractivity contribution < 1.29 is 13.2 Å². The molecular formula is C22H18F3NS. The summed E-state index contributed by atoms with van der Waals surface area (Å²) in [6.45, 7) is 2.72. The molecule has 0 saturated heterocycles. The number of nitrogens with zero attached hydrogens (tertiary/aromatic N) is 1. The van der Waals surface area contributed by atoms with Gasteiger partial charge >= 0.3 is 0 Å². The van der Waals surface area contributed by atoms with Crippen molar-refractivity contribution in [2.45, 2.75) is 12.8 Å². The van der Waals surface area contributed by atoms with Crippen LogP contribution in [0.4, 0.5) is 18.9 Å². The number of rotatable bonds is 3. The van der Waals surface area contributed by atoms with Gasteiger partial charge in [0.15, 0.2) is 0 Å². The van der Waals surface area contributed by atoms with Crippen molar-refractivity contribution in [1.29, 1.82) is 0 Å². The Morgan fingerprint density at radius 1 is 0.963 bits per heavy atom. The number of benzene rings is 2. The van der Waals surface area contributed by atoms with Crippen LogP contribution in [0.1, 0.15) is 24.0 Å². The molecule has 0 radical (unpaired) electrons. The van der Waals surface area contributed by atoms with Gasteiger partial charge in [-0.05, 0) is 63.7 Å². The zero-order valence-corrected chi connectivity index (χ0v) is 15.5. The lowest BCUT2D eigenvalue weighted by Crippen LogP contribution is -2.33. The van der Waals surface area contributed by atoms with Gasteiger partial charge < -0.3 is 4.90 Å². The van der Waals surface area contributed by atoms with E-state index in [4.69, 9.17) is 0 Å². The van der Waals surface area contributed by atoms with Crippen molar-refractivity contribution in [3.05, 3.63) is 94.1 Å². The van der Waals surface area contributed by atoms with Gasteiger partial charge in [0.05, 0.1) is 5.69 Å². The Morgan fingerprint density at radius 3 is 2.37 bits per heavy atom. The third kappa shape index (κ3) is 3.52. The minimum Gasteiger partial charge on any atom is -0.345 e. The summed E-state index contributed by atoms with van der Waals surface area (Å²) in [4.78, 5) is 1.82.